The highest BCUT2D eigenvalue weighted by atomic mass is 32.2. The van der Waals surface area contributed by atoms with Crippen LogP contribution in [-0.4, -0.2) is 78.8 Å². The fourth-order valence-electron chi connectivity index (χ4n) is 4.23. The van der Waals surface area contributed by atoms with E-state index in [1.54, 1.807) is 37.3 Å². The Bertz CT molecular complexity index is 2620. The number of hydrogen-bond acceptors (Lipinski definition) is 10. The van der Waals surface area contributed by atoms with Crippen LogP contribution in [0.25, 0.3) is 22.1 Å². The number of ether oxygens (including phenoxy) is 4. The van der Waals surface area contributed by atoms with Gasteiger partial charge in [-0.3, -0.25) is 18.4 Å². The number of methoxy groups -OCH3 is 2. The standard InChI is InChI=1S/2C18H21N3O3S/c2*1-13-16(19-9-8-17(13)24-11-5-10-23-2)12-25(22)18-20-14-6-3-4-7-15(14)21-18/h2*3-4,6-9H,5,10-12H2,1-2H3,(H,20,21)/i5D2,10D2,11D2,12D2;5D2,10D2,11D2. The molecule has 2 unspecified atom stereocenters. The lowest BCUT2D eigenvalue weighted by molar-refractivity contribution is 0.171. The van der Waals surface area contributed by atoms with Crippen molar-refractivity contribution < 1.29 is 46.6 Å². The third-order valence-corrected chi connectivity index (χ3v) is 8.81. The lowest BCUT2D eigenvalue weighted by Gasteiger charge is -2.11. The van der Waals surface area contributed by atoms with Gasteiger partial charge in [-0.15, -0.1) is 0 Å². The fraction of sp³-hybridized carbons (Fsp3) is 0.333. The maximum Gasteiger partial charge on any atom is 0.197 e. The molecule has 0 aliphatic carbocycles. The van der Waals surface area contributed by atoms with Gasteiger partial charge in [-0.1, -0.05) is 24.3 Å². The van der Waals surface area contributed by atoms with Crippen LogP contribution >= 0.6 is 0 Å². The number of nitrogens with zero attached hydrogens (tertiary/aromatic N) is 4. The molecule has 6 aromatic rings. The topological polar surface area (TPSA) is 154 Å². The zero-order chi connectivity index (χ0) is 47.8. The number of imidazole rings is 2. The molecule has 14 heteroatoms. The van der Waals surface area contributed by atoms with Crippen LogP contribution in [0.1, 0.15) is 54.5 Å². The first-order valence-corrected chi connectivity index (χ1v) is 17.1. The SMILES string of the molecule is [2H]C([2H])(OC)C([2H])([2H])C([2H])([2H])Oc1ccnc(CS(=O)c2nc3ccccc3[nH]2)c1C.[2H]C([2H])(c1nccc(OC([2H])([2H])C([2H])([2H])C([2H])([2H])OC)c1C)S(=O)c1nc2ccccc2[nH]1. The molecule has 264 valence electrons. The van der Waals surface area contributed by atoms with E-state index >= 15 is 0 Å². The lowest BCUT2D eigenvalue weighted by Crippen LogP contribution is -2.06. The number of hydrogen-bond donors (Lipinski definition) is 2. The van der Waals surface area contributed by atoms with Crippen LogP contribution in [0, 0.1) is 13.8 Å². The second-order valence-corrected chi connectivity index (χ2v) is 12.4. The minimum Gasteiger partial charge on any atom is -0.493 e. The maximum atomic E-state index is 13.1. The number of aromatic amines is 2. The molecule has 2 atom stereocenters. The van der Waals surface area contributed by atoms with E-state index in [4.69, 9.17) is 28.7 Å². The van der Waals surface area contributed by atoms with Crippen LogP contribution < -0.4 is 9.47 Å². The third kappa shape index (κ3) is 9.81. The quantitative estimate of drug-likeness (QED) is 0.122. The number of H-pyrrole nitrogens is 2. The first kappa shape index (κ1) is 22.3. The number of pyridine rings is 2. The summed E-state index contributed by atoms with van der Waals surface area (Å²) in [6, 6.07) is 16.6. The molecule has 0 saturated heterocycles. The van der Waals surface area contributed by atoms with Crippen LogP contribution in [0.5, 0.6) is 11.5 Å². The van der Waals surface area contributed by atoms with Crippen molar-refractivity contribution in [3.8, 4) is 11.5 Å². The Labute approximate surface area is 316 Å². The van der Waals surface area contributed by atoms with E-state index in [-0.39, 0.29) is 38.8 Å². The van der Waals surface area contributed by atoms with Gasteiger partial charge in [0.2, 0.25) is 0 Å². The molecule has 50 heavy (non-hydrogen) atoms. The van der Waals surface area contributed by atoms with Crippen molar-refractivity contribution >= 4 is 43.7 Å². The number of para-hydroxylation sites is 4. The molecule has 0 saturated carbocycles. The molecule has 0 spiro atoms. The number of fused-ring (bicyclic) bond motifs is 2. The van der Waals surface area contributed by atoms with Crippen LogP contribution in [0.3, 0.4) is 0 Å². The summed E-state index contributed by atoms with van der Waals surface area (Å²) >= 11 is 0. The Morgan fingerprint density at radius 3 is 1.66 bits per heavy atom. The molecular weight excluding hydrogens is 677 g/mol. The Kier molecular flexibility index (Phi) is 8.26. The molecule has 6 rings (SSSR count). The van der Waals surface area contributed by atoms with E-state index in [0.717, 1.165) is 25.9 Å². The van der Waals surface area contributed by atoms with Crippen molar-refractivity contribution in [2.24, 2.45) is 0 Å². The zero-order valence-corrected chi connectivity index (χ0v) is 28.8. The van der Waals surface area contributed by atoms with E-state index in [9.17, 15) is 8.42 Å². The van der Waals surface area contributed by atoms with E-state index in [1.165, 1.54) is 25.3 Å². The molecule has 12 nitrogen and oxygen atoms in total. The van der Waals surface area contributed by atoms with Crippen molar-refractivity contribution in [1.29, 1.82) is 0 Å². The normalized spacial score (nSPS) is 18.6. The van der Waals surface area contributed by atoms with Crippen molar-refractivity contribution in [3.63, 3.8) is 0 Å². The fourth-order valence-corrected chi connectivity index (χ4v) is 6.20. The Morgan fingerprint density at radius 1 is 0.660 bits per heavy atom. The maximum absolute atomic E-state index is 13.1. The van der Waals surface area contributed by atoms with Crippen molar-refractivity contribution in [3.05, 3.63) is 95.6 Å². The van der Waals surface area contributed by atoms with Gasteiger partial charge in [0.25, 0.3) is 0 Å². The van der Waals surface area contributed by atoms with E-state index < -0.39 is 66.3 Å². The summed E-state index contributed by atoms with van der Waals surface area (Å²) in [5.41, 5.74) is 0.249. The predicted octanol–water partition coefficient (Wildman–Crippen LogP) is 5.98. The smallest absolute Gasteiger partial charge is 0.197 e. The monoisotopic (exact) mass is 732 g/mol. The minimum atomic E-state index is -3.25. The van der Waals surface area contributed by atoms with Crippen molar-refractivity contribution in [2.45, 2.75) is 48.4 Å². The first-order valence-electron chi connectivity index (χ1n) is 21.6. The average Bonchev–Trinajstić information content (AvgIpc) is 3.88. The van der Waals surface area contributed by atoms with Gasteiger partial charge >= 0.3 is 0 Å². The summed E-state index contributed by atoms with van der Waals surface area (Å²) < 4.78 is 156. The minimum absolute atomic E-state index is 0.0301. The molecule has 2 aromatic carbocycles. The molecule has 0 aliphatic rings. The van der Waals surface area contributed by atoms with Gasteiger partial charge in [-0.2, -0.15) is 0 Å². The van der Waals surface area contributed by atoms with E-state index in [2.05, 4.69) is 39.4 Å². The summed E-state index contributed by atoms with van der Waals surface area (Å²) in [7, 11) is -2.09. The molecule has 4 aromatic heterocycles. The van der Waals surface area contributed by atoms with Crippen LogP contribution in [0.2, 0.25) is 0 Å². The summed E-state index contributed by atoms with van der Waals surface area (Å²) in [6.45, 7) is -9.35. The summed E-state index contributed by atoms with van der Waals surface area (Å²) in [4.78, 5) is 22.4. The van der Waals surface area contributed by atoms with Crippen LogP contribution in [-0.2, 0) is 42.5 Å². The van der Waals surface area contributed by atoms with Gasteiger partial charge in [-0.05, 0) is 50.2 Å². The first-order chi connectivity index (χ1) is 29.5. The Morgan fingerprint density at radius 2 is 1.14 bits per heavy atom. The van der Waals surface area contributed by atoms with Gasteiger partial charge in [0.1, 0.15) is 11.5 Å². The number of benzene rings is 2. The summed E-state index contributed by atoms with van der Waals surface area (Å²) in [5, 5.41) is 0.155. The Hall–Kier alpha value is -4.50. The van der Waals surface area contributed by atoms with Gasteiger partial charge in [0.05, 0.1) is 90.6 Å². The molecular formula is C36H42N6O6S2. The molecule has 0 amide bonds. The van der Waals surface area contributed by atoms with E-state index in [1.807, 2.05) is 18.2 Å². The van der Waals surface area contributed by atoms with Gasteiger partial charge < -0.3 is 28.9 Å². The molecule has 0 aliphatic heterocycles. The van der Waals surface area contributed by atoms with Gasteiger partial charge in [0.15, 0.2) is 10.3 Å². The molecule has 4 heterocycles. The molecule has 0 bridgehead atoms. The summed E-state index contributed by atoms with van der Waals surface area (Å²) in [6.07, 6.45) is -3.96. The molecule has 0 radical (unpaired) electrons. The highest BCUT2D eigenvalue weighted by Gasteiger charge is 2.16. The number of rotatable bonds is 16. The second-order valence-electron chi connectivity index (χ2n) is 9.91. The summed E-state index contributed by atoms with van der Waals surface area (Å²) in [5.74, 6) is -0.379. The highest BCUT2D eigenvalue weighted by Crippen LogP contribution is 2.24. The average molecular weight is 733 g/mol. The van der Waals surface area contributed by atoms with Crippen molar-refractivity contribution in [2.75, 3.05) is 40.5 Å². The van der Waals surface area contributed by atoms with Crippen LogP contribution in [0.15, 0.2) is 83.4 Å². The highest BCUT2D eigenvalue weighted by molar-refractivity contribution is 7.84. The number of aromatic nitrogens is 6. The molecule has 2 N–H and O–H groups in total. The number of nitrogens with one attached hydrogen (secondary N) is 2. The van der Waals surface area contributed by atoms with Gasteiger partial charge in [0, 0.05) is 71.8 Å². The largest absolute Gasteiger partial charge is 0.493 e. The predicted molar refractivity (Wildman–Crippen MR) is 194 cm³/mol. The zero-order valence-electron chi connectivity index (χ0n) is 41.2. The van der Waals surface area contributed by atoms with Crippen molar-refractivity contribution in [1.82, 2.24) is 29.9 Å². The lowest BCUT2D eigenvalue weighted by atomic mass is 10.2. The Balaban J connectivity index is 0.000000241. The van der Waals surface area contributed by atoms with Gasteiger partial charge in [-0.25, -0.2) is 9.97 Å². The second kappa shape index (κ2) is 18.5. The van der Waals surface area contributed by atoms with Crippen LogP contribution in [0.4, 0.5) is 0 Å². The molecule has 0 fully saturated rings. The van der Waals surface area contributed by atoms with E-state index in [0.29, 0.717) is 27.8 Å². The third-order valence-electron chi connectivity index (χ3n) is 6.73.